The third-order valence-corrected chi connectivity index (χ3v) is 12.6. The van der Waals surface area contributed by atoms with Gasteiger partial charge in [-0.1, -0.05) is 97.8 Å². The van der Waals surface area contributed by atoms with E-state index >= 15 is 0 Å². The largest absolute Gasteiger partial charge is 0.343 e. The Bertz CT molecular complexity index is 266. The van der Waals surface area contributed by atoms with Crippen LogP contribution in [-0.4, -0.2) is 18.5 Å². The van der Waals surface area contributed by atoms with E-state index in [1.807, 2.05) is 0 Å². The molecule has 0 aromatic rings. The van der Waals surface area contributed by atoms with Crippen molar-refractivity contribution in [3.8, 4) is 0 Å². The molecule has 0 aliphatic carbocycles. The van der Waals surface area contributed by atoms with E-state index in [-0.39, 0.29) is 0 Å². The molecule has 0 rings (SSSR count). The monoisotopic (exact) mass is 417 g/mol. The first kappa shape index (κ1) is 27.5. The molecule has 162 valence electrons. The summed E-state index contributed by atoms with van der Waals surface area (Å²) in [4.78, 5) is 0. The van der Waals surface area contributed by atoms with Gasteiger partial charge in [0.2, 0.25) is 0 Å². The molecular weight excluding hydrogens is 366 g/mol. The highest BCUT2D eigenvalue weighted by atomic mass is 32.1. The van der Waals surface area contributed by atoms with Crippen LogP contribution in [0.3, 0.4) is 0 Å². The summed E-state index contributed by atoms with van der Waals surface area (Å²) in [5, 5.41) is 0. The molecule has 3 heteroatoms. The van der Waals surface area contributed by atoms with Crippen molar-refractivity contribution >= 4 is 15.1 Å². The molecule has 0 N–H and O–H groups in total. The SMILES string of the molecule is CCCCCCCC[P+](CCCCCCCC)(CCCCCCCC)P=O. The van der Waals surface area contributed by atoms with E-state index in [2.05, 4.69) is 20.8 Å². The van der Waals surface area contributed by atoms with Crippen LogP contribution in [0.15, 0.2) is 0 Å². The maximum atomic E-state index is 12.3. The minimum Gasteiger partial charge on any atom is -0.226 e. The van der Waals surface area contributed by atoms with Gasteiger partial charge in [-0.15, -0.1) is 0 Å². The summed E-state index contributed by atoms with van der Waals surface area (Å²) in [6.45, 7) is 5.63. The lowest BCUT2D eigenvalue weighted by Gasteiger charge is -2.20. The lowest BCUT2D eigenvalue weighted by molar-refractivity contribution is 0.602. The van der Waals surface area contributed by atoms with E-state index in [4.69, 9.17) is 0 Å². The fourth-order valence-electron chi connectivity index (χ4n) is 4.02. The van der Waals surface area contributed by atoms with E-state index in [0.29, 0.717) is 8.15 Å². The summed E-state index contributed by atoms with van der Waals surface area (Å²) in [6.07, 6.45) is 28.5. The second kappa shape index (κ2) is 21.2. The quantitative estimate of drug-likeness (QED) is 0.126. The minimum absolute atomic E-state index is 0.550. The Morgan fingerprint density at radius 2 is 0.704 bits per heavy atom. The van der Waals surface area contributed by atoms with E-state index in [9.17, 15) is 4.57 Å². The average Bonchev–Trinajstić information content (AvgIpc) is 2.69. The fraction of sp³-hybridized carbons (Fsp3) is 1.00. The lowest BCUT2D eigenvalue weighted by atomic mass is 10.1. The second-order valence-electron chi connectivity index (χ2n) is 8.65. The lowest BCUT2D eigenvalue weighted by Crippen LogP contribution is -2.04. The molecule has 0 aliphatic heterocycles. The summed E-state index contributed by atoms with van der Waals surface area (Å²) in [7, 11) is 0.550. The Balaban J connectivity index is 4.25. The van der Waals surface area contributed by atoms with Crippen LogP contribution in [0.25, 0.3) is 0 Å². The third-order valence-electron chi connectivity index (χ3n) is 5.96. The van der Waals surface area contributed by atoms with Gasteiger partial charge in [-0.05, 0) is 38.5 Å². The zero-order valence-electron chi connectivity index (χ0n) is 19.2. The number of rotatable bonds is 22. The highest BCUT2D eigenvalue weighted by molar-refractivity contribution is 8.27. The van der Waals surface area contributed by atoms with E-state index in [0.717, 1.165) is 0 Å². The van der Waals surface area contributed by atoms with Gasteiger partial charge in [-0.25, -0.2) is 4.57 Å². The molecule has 1 nitrogen and oxygen atoms in total. The topological polar surface area (TPSA) is 17.1 Å². The van der Waals surface area contributed by atoms with Crippen LogP contribution < -0.4 is 0 Å². The first-order chi connectivity index (χ1) is 13.2. The molecule has 0 unspecified atom stereocenters. The van der Waals surface area contributed by atoms with Gasteiger partial charge >= 0.3 is 8.15 Å². The minimum atomic E-state index is -1.23. The molecule has 27 heavy (non-hydrogen) atoms. The maximum Gasteiger partial charge on any atom is 0.343 e. The van der Waals surface area contributed by atoms with Crippen molar-refractivity contribution in [3.05, 3.63) is 0 Å². The molecular formula is C24H51OP2+. The predicted molar refractivity (Wildman–Crippen MR) is 129 cm³/mol. The fourth-order valence-corrected chi connectivity index (χ4v) is 9.38. The second-order valence-corrected chi connectivity index (χ2v) is 15.4. The third kappa shape index (κ3) is 17.1. The molecule has 0 fully saturated rings. The summed E-state index contributed by atoms with van der Waals surface area (Å²) < 4.78 is 12.3. The van der Waals surface area contributed by atoms with Crippen LogP contribution >= 0.6 is 15.1 Å². The van der Waals surface area contributed by atoms with Crippen molar-refractivity contribution in [2.75, 3.05) is 18.5 Å². The van der Waals surface area contributed by atoms with Gasteiger partial charge < -0.3 is 0 Å². The highest BCUT2D eigenvalue weighted by Gasteiger charge is 2.37. The smallest absolute Gasteiger partial charge is 0.226 e. The van der Waals surface area contributed by atoms with E-state index in [1.165, 1.54) is 134 Å². The van der Waals surface area contributed by atoms with Gasteiger partial charge in [0.15, 0.2) is 0 Å². The van der Waals surface area contributed by atoms with Crippen LogP contribution in [0.1, 0.15) is 136 Å². The van der Waals surface area contributed by atoms with Crippen molar-refractivity contribution in [1.29, 1.82) is 0 Å². The van der Waals surface area contributed by atoms with Crippen LogP contribution in [0, 0.1) is 0 Å². The molecule has 0 bridgehead atoms. The predicted octanol–water partition coefficient (Wildman–Crippen LogP) is 10.3. The molecule has 0 atom stereocenters. The van der Waals surface area contributed by atoms with Gasteiger partial charge in [0.25, 0.3) is 0 Å². The molecule has 0 saturated heterocycles. The summed E-state index contributed by atoms with van der Waals surface area (Å²) in [5.41, 5.74) is 0. The van der Waals surface area contributed by atoms with E-state index < -0.39 is 6.95 Å². The van der Waals surface area contributed by atoms with Gasteiger partial charge in [0.1, 0.15) is 6.95 Å². The summed E-state index contributed by atoms with van der Waals surface area (Å²) in [5.74, 6) is 0. The zero-order valence-corrected chi connectivity index (χ0v) is 20.9. The molecule has 0 aromatic heterocycles. The van der Waals surface area contributed by atoms with Crippen molar-refractivity contribution in [1.82, 2.24) is 0 Å². The van der Waals surface area contributed by atoms with Crippen molar-refractivity contribution in [2.45, 2.75) is 136 Å². The standard InChI is InChI=1S/C24H51OP2/c1-4-7-10-13-16-19-22-27(26-25,23-20-17-14-11-8-5-2)24-21-18-15-12-9-6-3/h4-24H2,1-3H3/q+1. The molecule has 0 saturated carbocycles. The number of unbranched alkanes of at least 4 members (excludes halogenated alkanes) is 15. The molecule has 0 heterocycles. The first-order valence-electron chi connectivity index (χ1n) is 12.5. The Kier molecular flexibility index (Phi) is 21.7. The highest BCUT2D eigenvalue weighted by Crippen LogP contribution is 2.71. The van der Waals surface area contributed by atoms with Gasteiger partial charge in [-0.2, -0.15) is 0 Å². The van der Waals surface area contributed by atoms with E-state index in [1.54, 1.807) is 0 Å². The Morgan fingerprint density at radius 3 is 0.963 bits per heavy atom. The van der Waals surface area contributed by atoms with Gasteiger partial charge in [-0.3, -0.25) is 0 Å². The maximum absolute atomic E-state index is 12.3. The van der Waals surface area contributed by atoms with Crippen LogP contribution in [0.5, 0.6) is 0 Å². The molecule has 0 radical (unpaired) electrons. The van der Waals surface area contributed by atoms with Crippen molar-refractivity contribution in [2.24, 2.45) is 0 Å². The Hall–Kier alpha value is 0.530. The molecule has 0 aliphatic rings. The number of hydrogen-bond donors (Lipinski definition) is 0. The average molecular weight is 418 g/mol. The normalized spacial score (nSPS) is 12.1. The first-order valence-corrected chi connectivity index (χ1v) is 16.3. The molecule has 0 aromatic carbocycles. The summed E-state index contributed by atoms with van der Waals surface area (Å²) in [6, 6.07) is 0. The Labute approximate surface area is 174 Å². The number of hydrogen-bond acceptors (Lipinski definition) is 1. The van der Waals surface area contributed by atoms with Gasteiger partial charge in [0.05, 0.1) is 18.5 Å². The summed E-state index contributed by atoms with van der Waals surface area (Å²) >= 11 is 0. The van der Waals surface area contributed by atoms with Crippen LogP contribution in [0.2, 0.25) is 0 Å². The molecule has 0 amide bonds. The van der Waals surface area contributed by atoms with Crippen LogP contribution in [-0.2, 0) is 4.57 Å². The molecule has 0 spiro atoms. The zero-order chi connectivity index (χ0) is 20.1. The van der Waals surface area contributed by atoms with Crippen LogP contribution in [0.4, 0.5) is 0 Å². The van der Waals surface area contributed by atoms with Crippen molar-refractivity contribution in [3.63, 3.8) is 0 Å². The Morgan fingerprint density at radius 1 is 0.444 bits per heavy atom. The van der Waals surface area contributed by atoms with Gasteiger partial charge in [0, 0.05) is 0 Å². The van der Waals surface area contributed by atoms with Crippen molar-refractivity contribution < 1.29 is 4.57 Å².